The van der Waals surface area contributed by atoms with Gasteiger partial charge < -0.3 is 5.11 Å². The molecule has 1 aromatic heterocycles. The molecule has 1 aliphatic carbocycles. The Balaban J connectivity index is 2.27. The summed E-state index contributed by atoms with van der Waals surface area (Å²) in [6.07, 6.45) is 4.67. The van der Waals surface area contributed by atoms with E-state index in [0.717, 1.165) is 48.1 Å². The number of hydrogen-bond donors (Lipinski definition) is 1. The van der Waals surface area contributed by atoms with Crippen LogP contribution in [0.25, 0.3) is 0 Å². The molecule has 0 amide bonds. The summed E-state index contributed by atoms with van der Waals surface area (Å²) in [7, 11) is 0. The molecule has 1 aliphatic rings. The topological polar surface area (TPSA) is 38.0 Å². The standard InChI is InChI=1S/C17H29BrN2O/c1-6-13-15(18)14(20(7-2)19-13)11-17(21)9-8-16(4,5)10-12(17)3/h12,21H,6-11H2,1-5H3. The first-order valence-corrected chi connectivity index (χ1v) is 8.98. The zero-order valence-corrected chi connectivity index (χ0v) is 15.6. The maximum atomic E-state index is 11.2. The van der Waals surface area contributed by atoms with Crippen molar-refractivity contribution in [2.45, 2.75) is 78.9 Å². The molecule has 2 unspecified atom stereocenters. The van der Waals surface area contributed by atoms with Gasteiger partial charge in [-0.25, -0.2) is 0 Å². The van der Waals surface area contributed by atoms with Crippen LogP contribution in [-0.4, -0.2) is 20.5 Å². The fraction of sp³-hybridized carbons (Fsp3) is 0.824. The van der Waals surface area contributed by atoms with Gasteiger partial charge in [0.25, 0.3) is 0 Å². The Morgan fingerprint density at radius 1 is 1.33 bits per heavy atom. The van der Waals surface area contributed by atoms with Crippen LogP contribution in [-0.2, 0) is 19.4 Å². The highest BCUT2D eigenvalue weighted by molar-refractivity contribution is 9.10. The molecule has 2 rings (SSSR count). The molecule has 0 aromatic carbocycles. The Morgan fingerprint density at radius 3 is 2.52 bits per heavy atom. The average molecular weight is 357 g/mol. The monoisotopic (exact) mass is 356 g/mol. The largest absolute Gasteiger partial charge is 0.389 e. The summed E-state index contributed by atoms with van der Waals surface area (Å²) in [5.41, 5.74) is 2.00. The zero-order valence-electron chi connectivity index (χ0n) is 14.0. The minimum atomic E-state index is -0.601. The van der Waals surface area contributed by atoms with Crippen molar-refractivity contribution in [1.29, 1.82) is 0 Å². The fourth-order valence-electron chi connectivity index (χ4n) is 3.66. The molecule has 0 radical (unpaired) electrons. The second kappa shape index (κ2) is 6.04. The van der Waals surface area contributed by atoms with Gasteiger partial charge >= 0.3 is 0 Å². The second-order valence-electron chi connectivity index (χ2n) is 7.43. The van der Waals surface area contributed by atoms with Crippen molar-refractivity contribution in [2.75, 3.05) is 0 Å². The molecule has 21 heavy (non-hydrogen) atoms. The van der Waals surface area contributed by atoms with Crippen molar-refractivity contribution in [2.24, 2.45) is 11.3 Å². The molecule has 1 aromatic rings. The predicted molar refractivity (Wildman–Crippen MR) is 90.4 cm³/mol. The molecular weight excluding hydrogens is 328 g/mol. The molecule has 0 saturated heterocycles. The number of hydrogen-bond acceptors (Lipinski definition) is 2. The molecule has 3 nitrogen and oxygen atoms in total. The van der Waals surface area contributed by atoms with Crippen LogP contribution in [0.3, 0.4) is 0 Å². The van der Waals surface area contributed by atoms with E-state index in [0.29, 0.717) is 17.8 Å². The summed E-state index contributed by atoms with van der Waals surface area (Å²) >= 11 is 3.70. The van der Waals surface area contributed by atoms with Gasteiger partial charge in [0.2, 0.25) is 0 Å². The predicted octanol–water partition coefficient (Wildman–Crippen LogP) is 4.35. The van der Waals surface area contributed by atoms with Crippen molar-refractivity contribution in [1.82, 2.24) is 9.78 Å². The van der Waals surface area contributed by atoms with Gasteiger partial charge in [0.1, 0.15) is 0 Å². The lowest BCUT2D eigenvalue weighted by Gasteiger charge is -2.45. The van der Waals surface area contributed by atoms with Crippen LogP contribution in [0, 0.1) is 11.3 Å². The molecule has 2 atom stereocenters. The molecule has 120 valence electrons. The van der Waals surface area contributed by atoms with Gasteiger partial charge in [-0.05, 0) is 59.9 Å². The van der Waals surface area contributed by atoms with Crippen LogP contribution in [0.4, 0.5) is 0 Å². The quantitative estimate of drug-likeness (QED) is 0.870. The van der Waals surface area contributed by atoms with Gasteiger partial charge in [0.05, 0.1) is 21.5 Å². The Morgan fingerprint density at radius 2 is 2.00 bits per heavy atom. The Labute approximate surface area is 137 Å². The summed E-state index contributed by atoms with van der Waals surface area (Å²) < 4.78 is 3.14. The number of nitrogens with zero attached hydrogens (tertiary/aromatic N) is 2. The van der Waals surface area contributed by atoms with Crippen LogP contribution in [0.5, 0.6) is 0 Å². The first kappa shape index (κ1) is 17.0. The van der Waals surface area contributed by atoms with E-state index in [1.165, 1.54) is 0 Å². The molecule has 1 saturated carbocycles. The summed E-state index contributed by atoms with van der Waals surface area (Å²) in [5.74, 6) is 0.318. The minimum Gasteiger partial charge on any atom is -0.389 e. The highest BCUT2D eigenvalue weighted by atomic mass is 79.9. The Kier molecular flexibility index (Phi) is 4.89. The van der Waals surface area contributed by atoms with E-state index in [2.05, 4.69) is 55.6 Å². The SMILES string of the molecule is CCc1nn(CC)c(CC2(O)CCC(C)(C)CC2C)c1Br. The van der Waals surface area contributed by atoms with E-state index in [4.69, 9.17) is 0 Å². The van der Waals surface area contributed by atoms with E-state index < -0.39 is 5.60 Å². The Bertz CT molecular complexity index is 509. The number of aromatic nitrogens is 2. The lowest BCUT2D eigenvalue weighted by molar-refractivity contribution is -0.0716. The second-order valence-corrected chi connectivity index (χ2v) is 8.22. The van der Waals surface area contributed by atoms with Gasteiger partial charge in [0.15, 0.2) is 0 Å². The van der Waals surface area contributed by atoms with Gasteiger partial charge in [-0.1, -0.05) is 27.7 Å². The number of rotatable bonds is 4. The summed E-state index contributed by atoms with van der Waals surface area (Å²) in [4.78, 5) is 0. The average Bonchev–Trinajstić information content (AvgIpc) is 2.71. The van der Waals surface area contributed by atoms with Crippen molar-refractivity contribution < 1.29 is 5.11 Å². The lowest BCUT2D eigenvalue weighted by Crippen LogP contribution is -2.46. The van der Waals surface area contributed by atoms with E-state index in [9.17, 15) is 5.11 Å². The molecule has 0 aliphatic heterocycles. The number of aliphatic hydroxyl groups is 1. The van der Waals surface area contributed by atoms with Crippen molar-refractivity contribution in [3.05, 3.63) is 15.9 Å². The normalized spacial score (nSPS) is 28.8. The summed E-state index contributed by atoms with van der Waals surface area (Å²) in [5, 5.41) is 15.8. The van der Waals surface area contributed by atoms with Crippen LogP contribution in [0.2, 0.25) is 0 Å². The third-order valence-corrected chi connectivity index (χ3v) is 6.09. The Hall–Kier alpha value is -0.350. The van der Waals surface area contributed by atoms with Crippen LogP contribution in [0.15, 0.2) is 4.47 Å². The minimum absolute atomic E-state index is 0.318. The molecule has 0 bridgehead atoms. The molecule has 1 heterocycles. The van der Waals surface area contributed by atoms with Gasteiger partial charge in [0, 0.05) is 13.0 Å². The number of halogens is 1. The molecule has 4 heteroatoms. The van der Waals surface area contributed by atoms with E-state index >= 15 is 0 Å². The fourth-order valence-corrected chi connectivity index (χ4v) is 4.37. The first-order valence-electron chi connectivity index (χ1n) is 8.19. The van der Waals surface area contributed by atoms with Crippen LogP contribution in [0.1, 0.15) is 65.3 Å². The third-order valence-electron chi connectivity index (χ3n) is 5.18. The van der Waals surface area contributed by atoms with Crippen LogP contribution < -0.4 is 0 Å². The summed E-state index contributed by atoms with van der Waals surface area (Å²) in [6, 6.07) is 0. The van der Waals surface area contributed by atoms with Gasteiger partial charge in [-0.15, -0.1) is 0 Å². The van der Waals surface area contributed by atoms with Crippen molar-refractivity contribution in [3.8, 4) is 0 Å². The molecule has 1 N–H and O–H groups in total. The molecule has 1 fully saturated rings. The zero-order chi connectivity index (χ0) is 15.8. The maximum Gasteiger partial charge on any atom is 0.0766 e. The molecular formula is C17H29BrN2O. The lowest BCUT2D eigenvalue weighted by atomic mass is 9.64. The van der Waals surface area contributed by atoms with Crippen molar-refractivity contribution >= 4 is 15.9 Å². The van der Waals surface area contributed by atoms with Crippen molar-refractivity contribution in [3.63, 3.8) is 0 Å². The summed E-state index contributed by atoms with van der Waals surface area (Å²) in [6.45, 7) is 11.9. The third kappa shape index (κ3) is 3.37. The van der Waals surface area contributed by atoms with E-state index in [-0.39, 0.29) is 0 Å². The van der Waals surface area contributed by atoms with Crippen LogP contribution >= 0.6 is 15.9 Å². The van der Waals surface area contributed by atoms with Gasteiger partial charge in [-0.3, -0.25) is 4.68 Å². The first-order chi connectivity index (χ1) is 9.72. The highest BCUT2D eigenvalue weighted by Crippen LogP contribution is 2.45. The molecule has 0 spiro atoms. The number of aryl methyl sites for hydroxylation is 2. The highest BCUT2D eigenvalue weighted by Gasteiger charge is 2.43. The van der Waals surface area contributed by atoms with E-state index in [1.807, 2.05) is 4.68 Å². The maximum absolute atomic E-state index is 11.2. The van der Waals surface area contributed by atoms with Gasteiger partial charge in [-0.2, -0.15) is 5.10 Å². The van der Waals surface area contributed by atoms with E-state index in [1.54, 1.807) is 0 Å². The smallest absolute Gasteiger partial charge is 0.0766 e.